The molecule has 3 aromatic rings. The number of rotatable bonds is 9. The van der Waals surface area contributed by atoms with Gasteiger partial charge in [0, 0.05) is 5.56 Å². The highest BCUT2D eigenvalue weighted by atomic mass is 19.1. The molecule has 0 radical (unpaired) electrons. The Morgan fingerprint density at radius 3 is 2.32 bits per heavy atom. The summed E-state index contributed by atoms with van der Waals surface area (Å²) in [4.78, 5) is 29.5. The van der Waals surface area contributed by atoms with Crippen molar-refractivity contribution in [1.29, 1.82) is 0 Å². The van der Waals surface area contributed by atoms with Crippen molar-refractivity contribution in [3.05, 3.63) is 89.6 Å². The molecule has 0 spiro atoms. The standard InChI is InChI=1S/C25H27BFN3O4/c1-17-11-13-18(14-12-17)15-22(26(33)34)30-24(32)25(2,27)23(31)28-16-20-9-6-10-21(29-20)19-7-4-3-5-8-19/h3-14,22,33-34H,15-16H2,1-2H3,(H,28,31)(H,30,32)/t22-,25+/m0/s1. The molecule has 0 unspecified atom stereocenters. The number of hydrogen-bond donors (Lipinski definition) is 4. The number of pyridine rings is 1. The minimum Gasteiger partial charge on any atom is -0.426 e. The summed E-state index contributed by atoms with van der Waals surface area (Å²) in [6, 6.07) is 22.0. The maximum absolute atomic E-state index is 15.1. The molecule has 0 saturated carbocycles. The number of carbonyl (C=O) groups excluding carboxylic acids is 2. The summed E-state index contributed by atoms with van der Waals surface area (Å²) >= 11 is 0. The van der Waals surface area contributed by atoms with E-state index in [1.165, 1.54) is 0 Å². The minimum absolute atomic E-state index is 0.0532. The van der Waals surface area contributed by atoms with Gasteiger partial charge in [0.1, 0.15) is 0 Å². The van der Waals surface area contributed by atoms with E-state index in [-0.39, 0.29) is 13.0 Å². The van der Waals surface area contributed by atoms with E-state index < -0.39 is 30.5 Å². The van der Waals surface area contributed by atoms with E-state index in [1.54, 1.807) is 24.3 Å². The smallest absolute Gasteiger partial charge is 0.426 e. The zero-order valence-corrected chi connectivity index (χ0v) is 19.0. The summed E-state index contributed by atoms with van der Waals surface area (Å²) in [7, 11) is -1.94. The molecule has 2 amide bonds. The van der Waals surface area contributed by atoms with Gasteiger partial charge in [0.15, 0.2) is 0 Å². The molecule has 2 atom stereocenters. The van der Waals surface area contributed by atoms with Gasteiger partial charge in [-0.1, -0.05) is 66.2 Å². The monoisotopic (exact) mass is 463 g/mol. The van der Waals surface area contributed by atoms with E-state index in [4.69, 9.17) is 0 Å². The predicted molar refractivity (Wildman–Crippen MR) is 128 cm³/mol. The quantitative estimate of drug-likeness (QED) is 0.287. The molecule has 176 valence electrons. The van der Waals surface area contributed by atoms with E-state index in [2.05, 4.69) is 15.6 Å². The number of aromatic nitrogens is 1. The van der Waals surface area contributed by atoms with Gasteiger partial charge in [-0.3, -0.25) is 14.6 Å². The zero-order valence-electron chi connectivity index (χ0n) is 19.0. The van der Waals surface area contributed by atoms with Crippen molar-refractivity contribution in [2.45, 2.75) is 38.4 Å². The molecule has 0 bridgehead atoms. The number of benzene rings is 2. The highest BCUT2D eigenvalue weighted by Crippen LogP contribution is 2.17. The zero-order chi connectivity index (χ0) is 24.7. The number of alkyl halides is 1. The Bertz CT molecular complexity index is 1120. The Morgan fingerprint density at radius 1 is 1.00 bits per heavy atom. The number of amides is 2. The molecular weight excluding hydrogens is 436 g/mol. The second kappa shape index (κ2) is 11.0. The molecule has 0 saturated heterocycles. The van der Waals surface area contributed by atoms with Crippen LogP contribution in [0.2, 0.25) is 0 Å². The third-order valence-electron chi connectivity index (χ3n) is 5.41. The van der Waals surface area contributed by atoms with Crippen LogP contribution in [0.15, 0.2) is 72.8 Å². The first-order valence-electron chi connectivity index (χ1n) is 10.9. The molecule has 0 fully saturated rings. The maximum Gasteiger partial charge on any atom is 0.475 e. The van der Waals surface area contributed by atoms with Crippen LogP contribution in [0, 0.1) is 6.92 Å². The topological polar surface area (TPSA) is 112 Å². The molecule has 7 nitrogen and oxygen atoms in total. The van der Waals surface area contributed by atoms with Gasteiger partial charge in [0.25, 0.3) is 17.5 Å². The second-order valence-corrected chi connectivity index (χ2v) is 8.25. The lowest BCUT2D eigenvalue weighted by molar-refractivity contribution is -0.144. The van der Waals surface area contributed by atoms with Crippen molar-refractivity contribution in [1.82, 2.24) is 15.6 Å². The molecular formula is C25H27BFN3O4. The van der Waals surface area contributed by atoms with Crippen LogP contribution in [0.4, 0.5) is 4.39 Å². The summed E-state index contributed by atoms with van der Waals surface area (Å²) in [5.41, 5.74) is 0.895. The lowest BCUT2D eigenvalue weighted by atomic mass is 9.75. The van der Waals surface area contributed by atoms with Crippen LogP contribution < -0.4 is 10.6 Å². The van der Waals surface area contributed by atoms with Crippen LogP contribution >= 0.6 is 0 Å². The Morgan fingerprint density at radius 2 is 1.68 bits per heavy atom. The SMILES string of the molecule is Cc1ccc(C[C@H](NC(=O)[C@](C)(F)C(=O)NCc2cccc(-c3ccccc3)n2)B(O)O)cc1. The predicted octanol–water partition coefficient (Wildman–Crippen LogP) is 2.14. The Labute approximate surface area is 198 Å². The average molecular weight is 463 g/mol. The molecule has 0 aliphatic rings. The fourth-order valence-electron chi connectivity index (χ4n) is 3.30. The van der Waals surface area contributed by atoms with Gasteiger partial charge in [-0.2, -0.15) is 0 Å². The lowest BCUT2D eigenvalue weighted by Crippen LogP contribution is -2.57. The Hall–Kier alpha value is -3.56. The van der Waals surface area contributed by atoms with Gasteiger partial charge in [0.05, 0.1) is 23.9 Å². The summed E-state index contributed by atoms with van der Waals surface area (Å²) in [5.74, 6) is -3.61. The van der Waals surface area contributed by atoms with Gasteiger partial charge in [-0.25, -0.2) is 4.39 Å². The second-order valence-electron chi connectivity index (χ2n) is 8.25. The summed E-state index contributed by atoms with van der Waals surface area (Å²) < 4.78 is 15.1. The molecule has 1 heterocycles. The number of carbonyl (C=O) groups is 2. The van der Waals surface area contributed by atoms with Crippen LogP contribution in [-0.2, 0) is 22.6 Å². The van der Waals surface area contributed by atoms with Gasteiger partial charge in [-0.05, 0) is 38.0 Å². The summed E-state index contributed by atoms with van der Waals surface area (Å²) in [6.45, 7) is 2.66. The molecule has 1 aromatic heterocycles. The Kier molecular flexibility index (Phi) is 8.15. The van der Waals surface area contributed by atoms with E-state index in [1.807, 2.05) is 55.5 Å². The third-order valence-corrected chi connectivity index (χ3v) is 5.41. The summed E-state index contributed by atoms with van der Waals surface area (Å²) in [6.07, 6.45) is 0.0532. The first kappa shape index (κ1) is 25.1. The van der Waals surface area contributed by atoms with Crippen LogP contribution in [0.3, 0.4) is 0 Å². The minimum atomic E-state index is -2.93. The van der Waals surface area contributed by atoms with Crippen LogP contribution in [0.1, 0.15) is 23.7 Å². The van der Waals surface area contributed by atoms with E-state index in [0.717, 1.165) is 23.6 Å². The van der Waals surface area contributed by atoms with Gasteiger partial charge < -0.3 is 20.7 Å². The van der Waals surface area contributed by atoms with E-state index >= 15 is 4.39 Å². The summed E-state index contributed by atoms with van der Waals surface area (Å²) in [5, 5.41) is 24.0. The van der Waals surface area contributed by atoms with Crippen molar-refractivity contribution in [3.63, 3.8) is 0 Å². The van der Waals surface area contributed by atoms with Crippen LogP contribution in [0.25, 0.3) is 11.3 Å². The average Bonchev–Trinajstić information content (AvgIpc) is 2.84. The van der Waals surface area contributed by atoms with Crippen LogP contribution in [-0.4, -0.2) is 45.6 Å². The molecule has 3 rings (SSSR count). The molecule has 4 N–H and O–H groups in total. The van der Waals surface area contributed by atoms with Crippen molar-refractivity contribution in [2.24, 2.45) is 0 Å². The molecule has 2 aromatic carbocycles. The number of hydrogen-bond acceptors (Lipinski definition) is 5. The van der Waals surface area contributed by atoms with Crippen molar-refractivity contribution < 1.29 is 24.0 Å². The molecule has 0 aliphatic carbocycles. The number of halogens is 1. The number of nitrogens with one attached hydrogen (secondary N) is 2. The highest BCUT2D eigenvalue weighted by Gasteiger charge is 2.43. The highest BCUT2D eigenvalue weighted by molar-refractivity contribution is 6.43. The first-order chi connectivity index (χ1) is 16.2. The molecule has 0 aliphatic heterocycles. The molecule has 34 heavy (non-hydrogen) atoms. The number of nitrogens with zero attached hydrogens (tertiary/aromatic N) is 1. The van der Waals surface area contributed by atoms with Crippen molar-refractivity contribution >= 4 is 18.9 Å². The Balaban J connectivity index is 1.62. The fraction of sp³-hybridized carbons (Fsp3) is 0.240. The van der Waals surface area contributed by atoms with Crippen molar-refractivity contribution in [2.75, 3.05) is 0 Å². The van der Waals surface area contributed by atoms with E-state index in [9.17, 15) is 19.6 Å². The fourth-order valence-corrected chi connectivity index (χ4v) is 3.30. The normalized spacial score (nSPS) is 13.4. The third kappa shape index (κ3) is 6.49. The van der Waals surface area contributed by atoms with E-state index in [0.29, 0.717) is 11.4 Å². The van der Waals surface area contributed by atoms with Gasteiger partial charge in [0.2, 0.25) is 0 Å². The van der Waals surface area contributed by atoms with Gasteiger partial charge in [-0.15, -0.1) is 0 Å². The largest absolute Gasteiger partial charge is 0.475 e. The number of aryl methyl sites for hydroxylation is 1. The molecule has 9 heteroatoms. The van der Waals surface area contributed by atoms with Gasteiger partial charge >= 0.3 is 7.12 Å². The van der Waals surface area contributed by atoms with Crippen LogP contribution in [0.5, 0.6) is 0 Å². The van der Waals surface area contributed by atoms with Crippen molar-refractivity contribution in [3.8, 4) is 11.3 Å². The maximum atomic E-state index is 15.1. The first-order valence-corrected chi connectivity index (χ1v) is 10.9. The lowest BCUT2D eigenvalue weighted by Gasteiger charge is -2.24.